The number of carbonyl (C=O) groups is 1. The van der Waals surface area contributed by atoms with Gasteiger partial charge in [0, 0.05) is 24.3 Å². The fraction of sp³-hybridized carbons (Fsp3) is 0.318. The van der Waals surface area contributed by atoms with Crippen molar-refractivity contribution in [2.45, 2.75) is 37.7 Å². The Labute approximate surface area is 179 Å². The van der Waals surface area contributed by atoms with Gasteiger partial charge in [-0.15, -0.1) is 0 Å². The highest BCUT2D eigenvalue weighted by molar-refractivity contribution is 8.00. The summed E-state index contributed by atoms with van der Waals surface area (Å²) in [5.74, 6) is 0.200. The van der Waals surface area contributed by atoms with Crippen molar-refractivity contribution in [3.8, 4) is 0 Å². The number of halogens is 1. The molecule has 0 fully saturated rings. The molecule has 7 heteroatoms. The topological polar surface area (TPSA) is 55.2 Å². The molecule has 1 aromatic heterocycles. The van der Waals surface area contributed by atoms with Crippen molar-refractivity contribution in [1.29, 1.82) is 0 Å². The first-order chi connectivity index (χ1) is 13.8. The molecular formula is C22H24ClN3O2S. The Balaban J connectivity index is 1.96. The van der Waals surface area contributed by atoms with Gasteiger partial charge in [0.2, 0.25) is 5.91 Å². The van der Waals surface area contributed by atoms with Gasteiger partial charge in [0.15, 0.2) is 5.16 Å². The maximum absolute atomic E-state index is 13.1. The quantitative estimate of drug-likeness (QED) is 0.415. The van der Waals surface area contributed by atoms with Crippen LogP contribution in [0.5, 0.6) is 0 Å². The summed E-state index contributed by atoms with van der Waals surface area (Å²) in [4.78, 5) is 32.4. The lowest BCUT2D eigenvalue weighted by Crippen LogP contribution is -2.34. The lowest BCUT2D eigenvalue weighted by atomic mass is 10.2. The first-order valence-corrected chi connectivity index (χ1v) is 10.7. The molecule has 152 valence electrons. The average molecular weight is 430 g/mol. The molecule has 1 amide bonds. The molecule has 0 radical (unpaired) electrons. The molecule has 1 heterocycles. The van der Waals surface area contributed by atoms with Gasteiger partial charge in [0.05, 0.1) is 16.2 Å². The molecule has 0 unspecified atom stereocenters. The highest BCUT2D eigenvalue weighted by Gasteiger charge is 2.23. The lowest BCUT2D eigenvalue weighted by Gasteiger charge is -2.22. The van der Waals surface area contributed by atoms with Gasteiger partial charge in [-0.25, -0.2) is 4.98 Å². The van der Waals surface area contributed by atoms with Crippen LogP contribution in [-0.4, -0.2) is 27.8 Å². The van der Waals surface area contributed by atoms with Gasteiger partial charge in [-0.05, 0) is 43.2 Å². The zero-order valence-electron chi connectivity index (χ0n) is 16.9. The van der Waals surface area contributed by atoms with E-state index in [0.717, 1.165) is 5.69 Å². The van der Waals surface area contributed by atoms with Crippen molar-refractivity contribution in [1.82, 2.24) is 9.55 Å². The van der Waals surface area contributed by atoms with E-state index in [1.54, 1.807) is 34.7 Å². The summed E-state index contributed by atoms with van der Waals surface area (Å²) in [7, 11) is 1.76. The minimum atomic E-state index is -0.407. The zero-order valence-corrected chi connectivity index (χ0v) is 18.5. The molecule has 0 aliphatic rings. The number of rotatable bonds is 6. The van der Waals surface area contributed by atoms with Crippen LogP contribution in [-0.2, 0) is 11.3 Å². The Bertz CT molecular complexity index is 1080. The Hall–Kier alpha value is -2.31. The number of fused-ring (bicyclic) bond motifs is 1. The maximum atomic E-state index is 13.1. The molecule has 1 atom stereocenters. The van der Waals surface area contributed by atoms with Crippen LogP contribution in [0.2, 0.25) is 5.02 Å². The van der Waals surface area contributed by atoms with E-state index in [-0.39, 0.29) is 17.4 Å². The SMILES string of the molecule is CC(C)Cn1c(S[C@@H](C)C(=O)N(C)c2ccccc2)nc2ccc(Cl)cc2c1=O. The van der Waals surface area contributed by atoms with Crippen molar-refractivity contribution in [2.24, 2.45) is 5.92 Å². The van der Waals surface area contributed by atoms with E-state index in [4.69, 9.17) is 11.6 Å². The molecule has 0 aliphatic heterocycles. The molecule has 3 rings (SSSR count). The molecule has 2 aromatic carbocycles. The molecule has 0 aliphatic carbocycles. The second kappa shape index (κ2) is 9.01. The molecule has 3 aromatic rings. The Morgan fingerprint density at radius 3 is 2.52 bits per heavy atom. The van der Waals surface area contributed by atoms with Gasteiger partial charge in [-0.1, -0.05) is 55.4 Å². The van der Waals surface area contributed by atoms with Gasteiger partial charge >= 0.3 is 0 Å². The number of thioether (sulfide) groups is 1. The van der Waals surface area contributed by atoms with E-state index in [0.29, 0.717) is 27.6 Å². The third-order valence-electron chi connectivity index (χ3n) is 4.53. The van der Waals surface area contributed by atoms with E-state index in [1.807, 2.05) is 51.1 Å². The Morgan fingerprint density at radius 1 is 1.17 bits per heavy atom. The van der Waals surface area contributed by atoms with Crippen LogP contribution in [0, 0.1) is 5.92 Å². The fourth-order valence-corrected chi connectivity index (χ4v) is 4.23. The fourth-order valence-electron chi connectivity index (χ4n) is 3.05. The van der Waals surface area contributed by atoms with Crippen molar-refractivity contribution in [3.05, 3.63) is 63.9 Å². The van der Waals surface area contributed by atoms with E-state index in [2.05, 4.69) is 4.98 Å². The van der Waals surface area contributed by atoms with Crippen LogP contribution in [0.3, 0.4) is 0 Å². The second-order valence-corrected chi connectivity index (χ2v) is 9.10. The minimum absolute atomic E-state index is 0.0530. The summed E-state index contributed by atoms with van der Waals surface area (Å²) in [6.07, 6.45) is 0. The van der Waals surface area contributed by atoms with Gasteiger partial charge in [-0.3, -0.25) is 14.2 Å². The van der Waals surface area contributed by atoms with E-state index in [9.17, 15) is 9.59 Å². The molecule has 0 spiro atoms. The number of para-hydroxylation sites is 1. The van der Waals surface area contributed by atoms with E-state index < -0.39 is 5.25 Å². The summed E-state index contributed by atoms with van der Waals surface area (Å²) in [6, 6.07) is 14.6. The smallest absolute Gasteiger partial charge is 0.262 e. The standard InChI is InChI=1S/C22H24ClN3O2S/c1-14(2)13-26-21(28)18-12-16(23)10-11-19(18)24-22(26)29-15(3)20(27)25(4)17-8-6-5-7-9-17/h5-12,14-15H,13H2,1-4H3/t15-/m0/s1. The first kappa shape index (κ1) is 21.4. The van der Waals surface area contributed by atoms with Crippen molar-refractivity contribution >= 4 is 45.9 Å². The summed E-state index contributed by atoms with van der Waals surface area (Å²) < 4.78 is 1.65. The van der Waals surface area contributed by atoms with Gasteiger partial charge < -0.3 is 4.90 Å². The number of anilines is 1. The summed E-state index contributed by atoms with van der Waals surface area (Å²) in [5, 5.41) is 1.12. The number of nitrogens with zero attached hydrogens (tertiary/aromatic N) is 3. The highest BCUT2D eigenvalue weighted by Crippen LogP contribution is 2.26. The molecule has 29 heavy (non-hydrogen) atoms. The lowest BCUT2D eigenvalue weighted by molar-refractivity contribution is -0.117. The Morgan fingerprint density at radius 2 is 1.86 bits per heavy atom. The second-order valence-electron chi connectivity index (χ2n) is 7.36. The van der Waals surface area contributed by atoms with Gasteiger partial charge in [0.25, 0.3) is 5.56 Å². The number of aromatic nitrogens is 2. The molecule has 0 N–H and O–H groups in total. The summed E-state index contributed by atoms with van der Waals surface area (Å²) in [5.41, 5.74) is 1.27. The molecular weight excluding hydrogens is 406 g/mol. The van der Waals surface area contributed by atoms with Gasteiger partial charge in [0.1, 0.15) is 0 Å². The largest absolute Gasteiger partial charge is 0.315 e. The predicted octanol–water partition coefficient (Wildman–Crippen LogP) is 4.85. The minimum Gasteiger partial charge on any atom is -0.315 e. The maximum Gasteiger partial charge on any atom is 0.262 e. The van der Waals surface area contributed by atoms with E-state index in [1.165, 1.54) is 11.8 Å². The van der Waals surface area contributed by atoms with Crippen LogP contribution < -0.4 is 10.5 Å². The van der Waals surface area contributed by atoms with E-state index >= 15 is 0 Å². The third kappa shape index (κ3) is 4.82. The number of benzene rings is 2. The normalized spacial score (nSPS) is 12.3. The highest BCUT2D eigenvalue weighted by atomic mass is 35.5. The van der Waals surface area contributed by atoms with Gasteiger partial charge in [-0.2, -0.15) is 0 Å². The van der Waals surface area contributed by atoms with Crippen LogP contribution in [0.4, 0.5) is 5.69 Å². The van der Waals surface area contributed by atoms with Crippen LogP contribution in [0.15, 0.2) is 58.5 Å². The first-order valence-electron chi connectivity index (χ1n) is 9.47. The number of carbonyl (C=O) groups excluding carboxylic acids is 1. The molecule has 0 saturated heterocycles. The molecule has 0 saturated carbocycles. The number of amides is 1. The Kier molecular flexibility index (Phi) is 6.65. The van der Waals surface area contributed by atoms with Crippen molar-refractivity contribution < 1.29 is 4.79 Å². The third-order valence-corrected chi connectivity index (χ3v) is 5.85. The number of hydrogen-bond acceptors (Lipinski definition) is 4. The molecule has 5 nitrogen and oxygen atoms in total. The number of hydrogen-bond donors (Lipinski definition) is 0. The molecule has 0 bridgehead atoms. The van der Waals surface area contributed by atoms with Crippen LogP contribution in [0.25, 0.3) is 10.9 Å². The van der Waals surface area contributed by atoms with Crippen molar-refractivity contribution in [3.63, 3.8) is 0 Å². The average Bonchev–Trinajstić information content (AvgIpc) is 2.70. The van der Waals surface area contributed by atoms with Crippen LogP contribution >= 0.6 is 23.4 Å². The predicted molar refractivity (Wildman–Crippen MR) is 121 cm³/mol. The summed E-state index contributed by atoms with van der Waals surface area (Å²) >= 11 is 7.38. The van der Waals surface area contributed by atoms with Crippen molar-refractivity contribution in [2.75, 3.05) is 11.9 Å². The monoisotopic (exact) mass is 429 g/mol. The van der Waals surface area contributed by atoms with Crippen LogP contribution in [0.1, 0.15) is 20.8 Å². The summed E-state index contributed by atoms with van der Waals surface area (Å²) in [6.45, 7) is 6.44. The zero-order chi connectivity index (χ0) is 21.1.